The van der Waals surface area contributed by atoms with Gasteiger partial charge in [0.15, 0.2) is 16.8 Å². The third kappa shape index (κ3) is 4.98. The Labute approximate surface area is 190 Å². The Kier molecular flexibility index (Phi) is 7.41. The molecule has 0 saturated carbocycles. The van der Waals surface area contributed by atoms with Crippen molar-refractivity contribution in [3.05, 3.63) is 63.9 Å². The van der Waals surface area contributed by atoms with Crippen molar-refractivity contribution in [3.63, 3.8) is 0 Å². The van der Waals surface area contributed by atoms with Crippen molar-refractivity contribution in [2.75, 3.05) is 27.0 Å². The van der Waals surface area contributed by atoms with E-state index in [4.69, 9.17) is 27.9 Å². The molecule has 9 heteroatoms. The van der Waals surface area contributed by atoms with E-state index in [1.165, 1.54) is 18.9 Å². The summed E-state index contributed by atoms with van der Waals surface area (Å²) in [6.45, 7) is 2.05. The van der Waals surface area contributed by atoms with Crippen molar-refractivity contribution >= 4 is 40.7 Å². The molecule has 0 fully saturated rings. The van der Waals surface area contributed by atoms with Crippen molar-refractivity contribution < 1.29 is 9.53 Å². The summed E-state index contributed by atoms with van der Waals surface area (Å²) in [7, 11) is 5.50. The molecule has 0 aliphatic carbocycles. The number of nitrogens with zero attached hydrogens (tertiary/aromatic N) is 4. The Balaban J connectivity index is 1.87. The Morgan fingerprint density at radius 3 is 2.47 bits per heavy atom. The minimum absolute atomic E-state index is 0.0265. The van der Waals surface area contributed by atoms with Gasteiger partial charge in [0, 0.05) is 16.3 Å². The van der Waals surface area contributed by atoms with Gasteiger partial charge in [0.25, 0.3) is 0 Å². The van der Waals surface area contributed by atoms with E-state index in [1.54, 1.807) is 18.2 Å². The van der Waals surface area contributed by atoms with Crippen LogP contribution in [0.3, 0.4) is 0 Å². The lowest BCUT2D eigenvalue weighted by molar-refractivity contribution is 0.102. The molecule has 2 aromatic carbocycles. The minimum Gasteiger partial charge on any atom is -0.495 e. The number of hydrogen-bond donors (Lipinski definition) is 0. The zero-order chi connectivity index (χ0) is 21.8. The minimum atomic E-state index is -0.0579. The maximum atomic E-state index is 12.7. The van der Waals surface area contributed by atoms with Crippen molar-refractivity contribution in [1.82, 2.24) is 19.7 Å². The van der Waals surface area contributed by atoms with Gasteiger partial charge in [-0.25, -0.2) is 0 Å². The molecule has 0 radical (unpaired) electrons. The molecule has 6 nitrogen and oxygen atoms in total. The number of aromatic nitrogens is 3. The second-order valence-corrected chi connectivity index (χ2v) is 8.64. The predicted octanol–water partition coefficient (Wildman–Crippen LogP) is 5.18. The maximum Gasteiger partial charge on any atom is 0.196 e. The summed E-state index contributed by atoms with van der Waals surface area (Å²) < 4.78 is 7.10. The van der Waals surface area contributed by atoms with Gasteiger partial charge in [0.1, 0.15) is 5.75 Å². The molecular formula is C21H22Cl2N4O2S. The molecule has 0 amide bonds. The van der Waals surface area contributed by atoms with E-state index >= 15 is 0 Å². The van der Waals surface area contributed by atoms with Crippen LogP contribution in [0.4, 0.5) is 0 Å². The number of rotatable bonds is 8. The molecule has 1 aromatic heterocycles. The lowest BCUT2D eigenvalue weighted by Gasteiger charge is -2.20. The second kappa shape index (κ2) is 9.83. The van der Waals surface area contributed by atoms with E-state index in [0.717, 1.165) is 11.5 Å². The number of Topliss-reactive ketones (excluding diaryl/α,β-unsaturated/α-hetero) is 1. The Bertz CT molecular complexity index is 1040. The second-order valence-electron chi connectivity index (χ2n) is 6.85. The summed E-state index contributed by atoms with van der Waals surface area (Å²) in [5.41, 5.74) is 1.41. The van der Waals surface area contributed by atoms with Gasteiger partial charge in [-0.3, -0.25) is 14.3 Å². The summed E-state index contributed by atoms with van der Waals surface area (Å²) in [6.07, 6.45) is 0. The van der Waals surface area contributed by atoms with Gasteiger partial charge in [0.2, 0.25) is 0 Å². The number of benzene rings is 2. The van der Waals surface area contributed by atoms with Gasteiger partial charge in [-0.2, -0.15) is 0 Å². The largest absolute Gasteiger partial charge is 0.495 e. The molecule has 3 aromatic rings. The van der Waals surface area contributed by atoms with E-state index in [9.17, 15) is 4.79 Å². The standard InChI is InChI=1S/C21H22Cl2N4O2S/c1-13(26(2)3)20-24-25-21(27(20)16-8-6-15(22)7-9-16)30-12-18(28)14-5-10-19(29-4)17(23)11-14/h5-11,13H,12H2,1-4H3. The lowest BCUT2D eigenvalue weighted by atomic mass is 10.1. The molecule has 0 saturated heterocycles. The maximum absolute atomic E-state index is 12.7. The highest BCUT2D eigenvalue weighted by molar-refractivity contribution is 7.99. The first kappa shape index (κ1) is 22.6. The van der Waals surface area contributed by atoms with E-state index in [1.807, 2.05) is 42.9 Å². The number of carbonyl (C=O) groups excluding carboxylic acids is 1. The van der Waals surface area contributed by atoms with E-state index in [2.05, 4.69) is 22.0 Å². The van der Waals surface area contributed by atoms with Gasteiger partial charge >= 0.3 is 0 Å². The van der Waals surface area contributed by atoms with E-state index < -0.39 is 0 Å². The molecule has 0 aliphatic rings. The molecule has 1 atom stereocenters. The van der Waals surface area contributed by atoms with Crippen LogP contribution in [-0.4, -0.2) is 52.4 Å². The monoisotopic (exact) mass is 464 g/mol. The first-order valence-corrected chi connectivity index (χ1v) is 10.9. The van der Waals surface area contributed by atoms with Gasteiger partial charge in [0.05, 0.1) is 23.9 Å². The number of carbonyl (C=O) groups is 1. The molecule has 0 aliphatic heterocycles. The first-order chi connectivity index (χ1) is 14.3. The fourth-order valence-electron chi connectivity index (χ4n) is 2.76. The van der Waals surface area contributed by atoms with Crippen molar-refractivity contribution in [2.45, 2.75) is 18.1 Å². The Hall–Kier alpha value is -2.06. The highest BCUT2D eigenvalue weighted by atomic mass is 35.5. The van der Waals surface area contributed by atoms with E-state index in [-0.39, 0.29) is 17.6 Å². The van der Waals surface area contributed by atoms with Crippen molar-refractivity contribution in [1.29, 1.82) is 0 Å². The summed E-state index contributed by atoms with van der Waals surface area (Å²) in [6, 6.07) is 12.5. The van der Waals surface area contributed by atoms with Crippen LogP contribution < -0.4 is 4.74 Å². The average molecular weight is 465 g/mol. The Morgan fingerprint density at radius 2 is 1.87 bits per heavy atom. The molecule has 158 valence electrons. The lowest BCUT2D eigenvalue weighted by Crippen LogP contribution is -2.20. The predicted molar refractivity (Wildman–Crippen MR) is 122 cm³/mol. The number of ketones is 1. The number of halogens is 2. The topological polar surface area (TPSA) is 60.2 Å². The number of thioether (sulfide) groups is 1. The van der Waals surface area contributed by atoms with Crippen LogP contribution in [0.2, 0.25) is 10.0 Å². The zero-order valence-corrected chi connectivity index (χ0v) is 19.4. The fourth-order valence-corrected chi connectivity index (χ4v) is 4.00. The highest BCUT2D eigenvalue weighted by Gasteiger charge is 2.22. The van der Waals surface area contributed by atoms with Crippen LogP contribution >= 0.6 is 35.0 Å². The van der Waals surface area contributed by atoms with Crippen LogP contribution in [0.25, 0.3) is 5.69 Å². The SMILES string of the molecule is COc1ccc(C(=O)CSc2nnc(C(C)N(C)C)n2-c2ccc(Cl)cc2)cc1Cl. The van der Waals surface area contributed by atoms with E-state index in [0.29, 0.717) is 26.5 Å². The Morgan fingerprint density at radius 1 is 1.17 bits per heavy atom. The average Bonchev–Trinajstić information content (AvgIpc) is 3.15. The summed E-state index contributed by atoms with van der Waals surface area (Å²) >= 11 is 13.5. The molecule has 30 heavy (non-hydrogen) atoms. The third-order valence-electron chi connectivity index (χ3n) is 4.70. The van der Waals surface area contributed by atoms with Gasteiger partial charge in [-0.15, -0.1) is 10.2 Å². The smallest absolute Gasteiger partial charge is 0.196 e. The third-order valence-corrected chi connectivity index (χ3v) is 6.17. The summed E-state index contributed by atoms with van der Waals surface area (Å²) in [5, 5.41) is 10.4. The fraction of sp³-hybridized carbons (Fsp3) is 0.286. The molecule has 1 unspecified atom stereocenters. The molecular weight excluding hydrogens is 443 g/mol. The van der Waals surface area contributed by atoms with Gasteiger partial charge in [-0.1, -0.05) is 35.0 Å². The summed E-state index contributed by atoms with van der Waals surface area (Å²) in [5.74, 6) is 1.46. The molecule has 0 N–H and O–H groups in total. The quantitative estimate of drug-likeness (QED) is 0.338. The van der Waals surface area contributed by atoms with Crippen LogP contribution in [-0.2, 0) is 0 Å². The van der Waals surface area contributed by atoms with Crippen LogP contribution in [0.1, 0.15) is 29.1 Å². The first-order valence-electron chi connectivity index (χ1n) is 9.19. The normalized spacial score (nSPS) is 12.2. The highest BCUT2D eigenvalue weighted by Crippen LogP contribution is 2.29. The number of ether oxygens (including phenoxy) is 1. The van der Waals surface area contributed by atoms with Gasteiger partial charge < -0.3 is 4.74 Å². The molecule has 0 spiro atoms. The van der Waals surface area contributed by atoms with Crippen molar-refractivity contribution in [2.24, 2.45) is 0 Å². The number of methoxy groups -OCH3 is 1. The van der Waals surface area contributed by atoms with Crippen LogP contribution in [0.15, 0.2) is 47.6 Å². The molecule has 1 heterocycles. The zero-order valence-electron chi connectivity index (χ0n) is 17.1. The van der Waals surface area contributed by atoms with Crippen LogP contribution in [0.5, 0.6) is 5.75 Å². The van der Waals surface area contributed by atoms with Gasteiger partial charge in [-0.05, 0) is 63.5 Å². The van der Waals surface area contributed by atoms with Crippen molar-refractivity contribution in [3.8, 4) is 11.4 Å². The van der Waals surface area contributed by atoms with Crippen LogP contribution in [0, 0.1) is 0 Å². The molecule has 3 rings (SSSR count). The number of hydrogen-bond acceptors (Lipinski definition) is 6. The summed E-state index contributed by atoms with van der Waals surface area (Å²) in [4.78, 5) is 14.8. The molecule has 0 bridgehead atoms.